The molecule has 3 atom stereocenters. The Bertz CT molecular complexity index is 878. The molecule has 0 saturated carbocycles. The maximum Gasteiger partial charge on any atom is 0.237 e. The number of imidazole rings is 1. The van der Waals surface area contributed by atoms with Crippen molar-refractivity contribution in [1.29, 1.82) is 0 Å². The highest BCUT2D eigenvalue weighted by atomic mass is 16.3. The van der Waals surface area contributed by atoms with Gasteiger partial charge in [-0.1, -0.05) is 24.3 Å². The fourth-order valence-electron chi connectivity index (χ4n) is 5.54. The molecule has 3 aliphatic heterocycles. The summed E-state index contributed by atoms with van der Waals surface area (Å²) in [6.07, 6.45) is 7.99. The molecule has 0 radical (unpaired) electrons. The number of piperidine rings is 1. The normalized spacial score (nSPS) is 29.7. The lowest BCUT2D eigenvalue weighted by Crippen LogP contribution is -2.53. The van der Waals surface area contributed by atoms with Crippen molar-refractivity contribution in [3.63, 3.8) is 0 Å². The molecule has 148 valence electrons. The van der Waals surface area contributed by atoms with Crippen LogP contribution in [0.2, 0.25) is 0 Å². The molecule has 6 heteroatoms. The number of nitrogens with zero attached hydrogens (tertiary/aromatic N) is 4. The first-order valence-electron chi connectivity index (χ1n) is 10.3. The molecule has 2 saturated heterocycles. The first-order chi connectivity index (χ1) is 13.5. The van der Waals surface area contributed by atoms with Crippen LogP contribution < -0.4 is 0 Å². The fraction of sp³-hybridized carbons (Fsp3) is 0.545. The van der Waals surface area contributed by atoms with E-state index < -0.39 is 5.60 Å². The van der Waals surface area contributed by atoms with Crippen LogP contribution in [-0.4, -0.2) is 55.5 Å². The predicted octanol–water partition coefficient (Wildman–Crippen LogP) is 1.82. The molecule has 1 amide bonds. The molecule has 3 aliphatic rings. The van der Waals surface area contributed by atoms with E-state index in [1.165, 1.54) is 11.1 Å². The zero-order valence-electron chi connectivity index (χ0n) is 16.4. The summed E-state index contributed by atoms with van der Waals surface area (Å²) >= 11 is 0. The molecular formula is C22H28N4O2. The Morgan fingerprint density at radius 3 is 2.61 bits per heavy atom. The molecule has 1 N–H and O–H groups in total. The van der Waals surface area contributed by atoms with Gasteiger partial charge in [0, 0.05) is 44.6 Å². The van der Waals surface area contributed by atoms with Gasteiger partial charge in [0.2, 0.25) is 5.91 Å². The number of hydrogen-bond donors (Lipinski definition) is 1. The predicted molar refractivity (Wildman–Crippen MR) is 105 cm³/mol. The van der Waals surface area contributed by atoms with Gasteiger partial charge in [-0.15, -0.1) is 0 Å². The smallest absolute Gasteiger partial charge is 0.237 e. The van der Waals surface area contributed by atoms with Crippen molar-refractivity contribution in [3.05, 3.63) is 53.6 Å². The van der Waals surface area contributed by atoms with Crippen LogP contribution in [0, 0.1) is 0 Å². The Hall–Kier alpha value is -2.18. The molecular weight excluding hydrogens is 352 g/mol. The second-order valence-electron chi connectivity index (χ2n) is 8.69. The van der Waals surface area contributed by atoms with E-state index in [9.17, 15) is 9.90 Å². The molecule has 1 aromatic carbocycles. The van der Waals surface area contributed by atoms with E-state index >= 15 is 0 Å². The van der Waals surface area contributed by atoms with Crippen molar-refractivity contribution in [2.24, 2.45) is 7.05 Å². The summed E-state index contributed by atoms with van der Waals surface area (Å²) in [4.78, 5) is 21.8. The Morgan fingerprint density at radius 2 is 1.93 bits per heavy atom. The second-order valence-corrected chi connectivity index (χ2v) is 8.69. The summed E-state index contributed by atoms with van der Waals surface area (Å²) in [6, 6.07) is 8.93. The van der Waals surface area contributed by atoms with E-state index in [2.05, 4.69) is 34.1 Å². The number of carbonyl (C=O) groups is 1. The number of aliphatic hydroxyl groups is 1. The van der Waals surface area contributed by atoms with Gasteiger partial charge in [0.15, 0.2) is 0 Å². The van der Waals surface area contributed by atoms with E-state index in [1.807, 2.05) is 22.7 Å². The molecule has 4 heterocycles. The first kappa shape index (κ1) is 17.9. The zero-order valence-corrected chi connectivity index (χ0v) is 16.4. The van der Waals surface area contributed by atoms with Gasteiger partial charge in [0.1, 0.15) is 11.4 Å². The molecule has 28 heavy (non-hydrogen) atoms. The van der Waals surface area contributed by atoms with Crippen molar-refractivity contribution in [2.75, 3.05) is 13.1 Å². The van der Waals surface area contributed by atoms with Gasteiger partial charge in [-0.3, -0.25) is 9.69 Å². The summed E-state index contributed by atoms with van der Waals surface area (Å²) in [5.41, 5.74) is 1.76. The monoisotopic (exact) mass is 380 g/mol. The van der Waals surface area contributed by atoms with E-state index in [4.69, 9.17) is 0 Å². The highest BCUT2D eigenvalue weighted by Gasteiger charge is 2.50. The number of fused-ring (bicyclic) bond motifs is 3. The highest BCUT2D eigenvalue weighted by molar-refractivity contribution is 5.78. The molecule has 1 unspecified atom stereocenters. The van der Waals surface area contributed by atoms with Gasteiger partial charge in [0.25, 0.3) is 0 Å². The molecule has 5 rings (SSSR count). The number of amides is 1. The summed E-state index contributed by atoms with van der Waals surface area (Å²) in [7, 11) is 1.94. The lowest BCUT2D eigenvalue weighted by atomic mass is 9.85. The van der Waals surface area contributed by atoms with Gasteiger partial charge in [-0.2, -0.15) is 0 Å². The Kier molecular flexibility index (Phi) is 4.29. The molecule has 0 aliphatic carbocycles. The summed E-state index contributed by atoms with van der Waals surface area (Å²) in [5, 5.41) is 11.3. The van der Waals surface area contributed by atoms with Crippen LogP contribution in [0.3, 0.4) is 0 Å². The maximum absolute atomic E-state index is 13.0. The van der Waals surface area contributed by atoms with Gasteiger partial charge < -0.3 is 14.6 Å². The molecule has 2 aromatic rings. The van der Waals surface area contributed by atoms with E-state index in [1.54, 1.807) is 6.20 Å². The molecule has 6 nitrogen and oxygen atoms in total. The largest absolute Gasteiger partial charge is 0.382 e. The van der Waals surface area contributed by atoms with Crippen LogP contribution >= 0.6 is 0 Å². The van der Waals surface area contributed by atoms with Crippen LogP contribution in [0.1, 0.15) is 42.6 Å². The minimum atomic E-state index is -0.881. The molecule has 0 spiro atoms. The van der Waals surface area contributed by atoms with Gasteiger partial charge in [-0.05, 0) is 43.2 Å². The third kappa shape index (κ3) is 2.95. The quantitative estimate of drug-likeness (QED) is 0.882. The first-order valence-corrected chi connectivity index (χ1v) is 10.3. The lowest BCUT2D eigenvalue weighted by Gasteiger charge is -2.43. The third-order valence-corrected chi connectivity index (χ3v) is 6.96. The fourth-order valence-corrected chi connectivity index (χ4v) is 5.54. The summed E-state index contributed by atoms with van der Waals surface area (Å²) in [5.74, 6) is 0.969. The van der Waals surface area contributed by atoms with E-state index in [0.29, 0.717) is 19.4 Å². The number of hydrogen-bond acceptors (Lipinski definition) is 4. The average molecular weight is 380 g/mol. The van der Waals surface area contributed by atoms with Crippen LogP contribution in [0.15, 0.2) is 36.7 Å². The average Bonchev–Trinajstić information content (AvgIpc) is 3.23. The second kappa shape index (κ2) is 6.71. The molecule has 2 fully saturated rings. The van der Waals surface area contributed by atoms with E-state index in [0.717, 1.165) is 38.2 Å². The third-order valence-electron chi connectivity index (χ3n) is 6.96. The van der Waals surface area contributed by atoms with Crippen molar-refractivity contribution >= 4 is 5.91 Å². The zero-order chi connectivity index (χ0) is 19.3. The standard InChI is InChI=1S/C22H28N4O2/c1-24-11-9-23-21(24)22(28)12-18-6-7-19(13-22)26(18)15-20(27)25-10-8-16-4-2-3-5-17(16)14-25/h2-5,9,11,18-19,28H,6-8,10,12-15H2,1H3/t18-,19+,22?. The Morgan fingerprint density at radius 1 is 1.21 bits per heavy atom. The number of aryl methyl sites for hydroxylation is 1. The Balaban J connectivity index is 1.28. The van der Waals surface area contributed by atoms with Crippen molar-refractivity contribution in [3.8, 4) is 0 Å². The SMILES string of the molecule is Cn1ccnc1C1(O)C[C@H]2CC[C@@H](C1)N2CC(=O)N1CCc2ccccc2C1. The topological polar surface area (TPSA) is 61.6 Å². The lowest BCUT2D eigenvalue weighted by molar-refractivity contribution is -0.137. The van der Waals surface area contributed by atoms with Crippen LogP contribution in [0.25, 0.3) is 0 Å². The maximum atomic E-state index is 13.0. The molecule has 1 aromatic heterocycles. The number of benzene rings is 1. The van der Waals surface area contributed by atoms with Crippen LogP contribution in [0.5, 0.6) is 0 Å². The summed E-state index contributed by atoms with van der Waals surface area (Å²) in [6.45, 7) is 1.99. The highest BCUT2D eigenvalue weighted by Crippen LogP contribution is 2.45. The van der Waals surface area contributed by atoms with Crippen LogP contribution in [0.4, 0.5) is 0 Å². The van der Waals surface area contributed by atoms with Gasteiger partial charge in [-0.25, -0.2) is 4.98 Å². The summed E-state index contributed by atoms with van der Waals surface area (Å²) < 4.78 is 1.92. The molecule has 2 bridgehead atoms. The number of rotatable bonds is 3. The minimum Gasteiger partial charge on any atom is -0.382 e. The van der Waals surface area contributed by atoms with E-state index in [-0.39, 0.29) is 18.0 Å². The van der Waals surface area contributed by atoms with Crippen LogP contribution in [-0.2, 0) is 30.4 Å². The van der Waals surface area contributed by atoms with Gasteiger partial charge in [0.05, 0.1) is 6.54 Å². The number of carbonyl (C=O) groups excluding carboxylic acids is 1. The van der Waals surface area contributed by atoms with Crippen molar-refractivity contribution in [1.82, 2.24) is 19.4 Å². The van der Waals surface area contributed by atoms with Crippen molar-refractivity contribution < 1.29 is 9.90 Å². The van der Waals surface area contributed by atoms with Crippen molar-refractivity contribution in [2.45, 2.75) is 56.3 Å². The Labute approximate surface area is 165 Å². The number of aromatic nitrogens is 2. The minimum absolute atomic E-state index is 0.217. The van der Waals surface area contributed by atoms with Gasteiger partial charge >= 0.3 is 0 Å².